The maximum absolute atomic E-state index is 12.1. The molecule has 1 rings (SSSR count). The van der Waals surface area contributed by atoms with Gasteiger partial charge >= 0.3 is 0 Å². The predicted octanol–water partition coefficient (Wildman–Crippen LogP) is 2.33. The van der Waals surface area contributed by atoms with E-state index in [2.05, 4.69) is 34.2 Å². The highest BCUT2D eigenvalue weighted by Crippen LogP contribution is 2.10. The van der Waals surface area contributed by atoms with Gasteiger partial charge in [-0.05, 0) is 36.5 Å². The lowest BCUT2D eigenvalue weighted by atomic mass is 10.1. The Bertz CT molecular complexity index is 649. The Morgan fingerprint density at radius 3 is 2.37 bits per heavy atom. The van der Waals surface area contributed by atoms with Crippen molar-refractivity contribution in [3.8, 4) is 0 Å². The van der Waals surface area contributed by atoms with Crippen LogP contribution in [-0.4, -0.2) is 48.2 Å². The van der Waals surface area contributed by atoms with Gasteiger partial charge < -0.3 is 15.4 Å². The van der Waals surface area contributed by atoms with Gasteiger partial charge in [-0.3, -0.25) is 4.99 Å². The van der Waals surface area contributed by atoms with Crippen LogP contribution in [0.1, 0.15) is 32.3 Å². The van der Waals surface area contributed by atoms with Crippen LogP contribution in [0.15, 0.2) is 34.2 Å². The van der Waals surface area contributed by atoms with E-state index in [4.69, 9.17) is 4.74 Å². The van der Waals surface area contributed by atoms with Crippen molar-refractivity contribution in [1.82, 2.24) is 15.4 Å². The van der Waals surface area contributed by atoms with Crippen LogP contribution in [0.3, 0.4) is 0 Å². The Morgan fingerprint density at radius 2 is 1.81 bits per heavy atom. The number of nitrogens with zero attached hydrogens (tertiary/aromatic N) is 1. The smallest absolute Gasteiger partial charge is 0.240 e. The molecule has 0 spiro atoms. The molecule has 0 aliphatic carbocycles. The number of sulfonamides is 1. The predicted molar refractivity (Wildman–Crippen MR) is 121 cm³/mol. The molecule has 0 bridgehead atoms. The summed E-state index contributed by atoms with van der Waals surface area (Å²) in [6, 6.07) is 6.80. The Labute approximate surface area is 180 Å². The van der Waals surface area contributed by atoms with E-state index in [1.807, 2.05) is 0 Å². The van der Waals surface area contributed by atoms with Gasteiger partial charge in [0.1, 0.15) is 0 Å². The van der Waals surface area contributed by atoms with Gasteiger partial charge in [0.2, 0.25) is 10.0 Å². The van der Waals surface area contributed by atoms with Gasteiger partial charge in [-0.25, -0.2) is 13.1 Å². The Hall–Kier alpha value is -0.910. The number of hydrogen-bond donors (Lipinski definition) is 3. The average Bonchev–Trinajstić information content (AvgIpc) is 2.61. The fourth-order valence-electron chi connectivity index (χ4n) is 2.27. The molecule has 156 valence electrons. The fraction of sp³-hybridized carbons (Fsp3) is 0.611. The van der Waals surface area contributed by atoms with Crippen LogP contribution >= 0.6 is 24.0 Å². The second kappa shape index (κ2) is 14.1. The molecule has 0 amide bonds. The maximum atomic E-state index is 12.1. The van der Waals surface area contributed by atoms with E-state index in [1.54, 1.807) is 31.3 Å². The molecule has 0 atom stereocenters. The van der Waals surface area contributed by atoms with Gasteiger partial charge in [-0.15, -0.1) is 24.0 Å². The number of aliphatic imine (C=N–C) groups is 1. The molecule has 0 unspecified atom stereocenters. The van der Waals surface area contributed by atoms with Crippen LogP contribution < -0.4 is 15.4 Å². The first-order valence-corrected chi connectivity index (χ1v) is 10.4. The molecule has 1 aromatic carbocycles. The molecule has 0 fully saturated rings. The van der Waals surface area contributed by atoms with Crippen molar-refractivity contribution >= 4 is 40.0 Å². The zero-order valence-corrected chi connectivity index (χ0v) is 19.8. The van der Waals surface area contributed by atoms with Gasteiger partial charge in [0, 0.05) is 33.8 Å². The van der Waals surface area contributed by atoms with Gasteiger partial charge in [0.15, 0.2) is 5.96 Å². The first-order chi connectivity index (χ1) is 12.4. The molecule has 0 aromatic heterocycles. The van der Waals surface area contributed by atoms with Crippen LogP contribution in [0.4, 0.5) is 0 Å². The van der Waals surface area contributed by atoms with Gasteiger partial charge in [0.25, 0.3) is 0 Å². The Kier molecular flexibility index (Phi) is 13.7. The number of nitrogens with one attached hydrogen (secondary N) is 3. The highest BCUT2D eigenvalue weighted by Gasteiger charge is 2.12. The minimum atomic E-state index is -3.49. The third-order valence-corrected chi connectivity index (χ3v) is 5.24. The molecule has 9 heteroatoms. The third-order valence-electron chi connectivity index (χ3n) is 3.77. The Morgan fingerprint density at radius 1 is 1.15 bits per heavy atom. The average molecular weight is 512 g/mol. The number of halogens is 1. The quantitative estimate of drug-likeness (QED) is 0.183. The molecule has 27 heavy (non-hydrogen) atoms. The van der Waals surface area contributed by atoms with E-state index >= 15 is 0 Å². The molecule has 3 N–H and O–H groups in total. The minimum absolute atomic E-state index is 0. The van der Waals surface area contributed by atoms with E-state index in [-0.39, 0.29) is 35.4 Å². The molecule has 0 aliphatic rings. The first kappa shape index (κ1) is 26.1. The maximum Gasteiger partial charge on any atom is 0.240 e. The summed E-state index contributed by atoms with van der Waals surface area (Å²) in [4.78, 5) is 4.44. The van der Waals surface area contributed by atoms with Crippen molar-refractivity contribution in [3.63, 3.8) is 0 Å². The summed E-state index contributed by atoms with van der Waals surface area (Å²) in [6.45, 7) is 6.46. The number of ether oxygens (including phenoxy) is 1. The molecule has 0 aliphatic heterocycles. The number of hydrogen-bond acceptors (Lipinski definition) is 4. The fourth-order valence-corrected chi connectivity index (χ4v) is 3.28. The highest BCUT2D eigenvalue weighted by atomic mass is 127. The topological polar surface area (TPSA) is 91.8 Å². The van der Waals surface area contributed by atoms with Gasteiger partial charge in [-0.2, -0.15) is 0 Å². The summed E-state index contributed by atoms with van der Waals surface area (Å²) in [5.74, 6) is 1.44. The lowest BCUT2D eigenvalue weighted by Crippen LogP contribution is -2.37. The lowest BCUT2D eigenvalue weighted by Gasteiger charge is -2.13. The van der Waals surface area contributed by atoms with Crippen LogP contribution in [0, 0.1) is 5.92 Å². The van der Waals surface area contributed by atoms with Crippen molar-refractivity contribution in [2.75, 3.05) is 33.9 Å². The molecule has 0 saturated heterocycles. The normalized spacial score (nSPS) is 12.0. The minimum Gasteiger partial charge on any atom is -0.383 e. The summed E-state index contributed by atoms with van der Waals surface area (Å²) in [5.41, 5.74) is 0.978. The summed E-state index contributed by atoms with van der Waals surface area (Å²) < 4.78 is 31.6. The Balaban J connectivity index is 0.00000676. The van der Waals surface area contributed by atoms with E-state index in [0.717, 1.165) is 24.5 Å². The lowest BCUT2D eigenvalue weighted by molar-refractivity contribution is 0.204. The van der Waals surface area contributed by atoms with Crippen molar-refractivity contribution in [1.29, 1.82) is 0 Å². The standard InChI is InChI=1S/C18H32N4O3S.HI/c1-15(2)6-5-11-20-18(19-3)21-14-16-7-9-17(10-8-16)26(23,24)22-12-13-25-4;/h7-10,15,22H,5-6,11-14H2,1-4H3,(H2,19,20,21);1H. The second-order valence-electron chi connectivity index (χ2n) is 6.42. The SMILES string of the molecule is CN=C(NCCCC(C)C)NCc1ccc(S(=O)(=O)NCCOC)cc1.I. The summed E-state index contributed by atoms with van der Waals surface area (Å²) in [7, 11) is -0.228. The van der Waals surface area contributed by atoms with Crippen LogP contribution in [0.2, 0.25) is 0 Å². The summed E-state index contributed by atoms with van der Waals surface area (Å²) in [6.07, 6.45) is 2.28. The van der Waals surface area contributed by atoms with Crippen molar-refractivity contribution in [2.45, 2.75) is 38.1 Å². The van der Waals surface area contributed by atoms with Gasteiger partial charge in [-0.1, -0.05) is 26.0 Å². The van der Waals surface area contributed by atoms with E-state index in [1.165, 1.54) is 13.5 Å². The second-order valence-corrected chi connectivity index (χ2v) is 8.19. The molecule has 0 radical (unpaired) electrons. The molecular formula is C18H33IN4O3S. The zero-order chi connectivity index (χ0) is 19.4. The largest absolute Gasteiger partial charge is 0.383 e. The first-order valence-electron chi connectivity index (χ1n) is 8.91. The van der Waals surface area contributed by atoms with Crippen LogP contribution in [0.5, 0.6) is 0 Å². The molecule has 0 heterocycles. The van der Waals surface area contributed by atoms with Crippen molar-refractivity contribution in [3.05, 3.63) is 29.8 Å². The number of guanidine groups is 1. The van der Waals surface area contributed by atoms with Crippen LogP contribution in [0.25, 0.3) is 0 Å². The van der Waals surface area contributed by atoms with Crippen molar-refractivity contribution in [2.24, 2.45) is 10.9 Å². The van der Waals surface area contributed by atoms with E-state index in [9.17, 15) is 8.42 Å². The number of rotatable bonds is 11. The van der Waals surface area contributed by atoms with Crippen molar-refractivity contribution < 1.29 is 13.2 Å². The molecule has 0 saturated carbocycles. The van der Waals surface area contributed by atoms with Gasteiger partial charge in [0.05, 0.1) is 11.5 Å². The number of methoxy groups -OCH3 is 1. The molecule has 1 aromatic rings. The van der Waals surface area contributed by atoms with E-state index < -0.39 is 10.0 Å². The van der Waals surface area contributed by atoms with E-state index in [0.29, 0.717) is 19.1 Å². The summed E-state index contributed by atoms with van der Waals surface area (Å²) in [5, 5.41) is 6.51. The monoisotopic (exact) mass is 512 g/mol. The van der Waals surface area contributed by atoms with Crippen LogP contribution in [-0.2, 0) is 21.3 Å². The molecule has 7 nitrogen and oxygen atoms in total. The number of benzene rings is 1. The highest BCUT2D eigenvalue weighted by molar-refractivity contribution is 14.0. The third kappa shape index (κ3) is 10.9. The zero-order valence-electron chi connectivity index (χ0n) is 16.6. The molecular weight excluding hydrogens is 479 g/mol. The summed E-state index contributed by atoms with van der Waals surface area (Å²) >= 11 is 0.